The fraction of sp³-hybridized carbons (Fsp3) is 0.333. The van der Waals surface area contributed by atoms with Crippen molar-refractivity contribution in [2.24, 2.45) is 0 Å². The predicted molar refractivity (Wildman–Crippen MR) is 75.9 cm³/mol. The summed E-state index contributed by atoms with van der Waals surface area (Å²) in [6.45, 7) is 7.79. The quantitative estimate of drug-likeness (QED) is 0.896. The van der Waals surface area contributed by atoms with Gasteiger partial charge in [0.1, 0.15) is 0 Å². The van der Waals surface area contributed by atoms with Gasteiger partial charge in [0.15, 0.2) is 17.5 Å². The van der Waals surface area contributed by atoms with Crippen molar-refractivity contribution in [3.8, 4) is 11.4 Å². The molecule has 0 atom stereocenters. The van der Waals surface area contributed by atoms with E-state index in [1.165, 1.54) is 11.1 Å². The van der Waals surface area contributed by atoms with Crippen LogP contribution in [0.25, 0.3) is 11.4 Å². The summed E-state index contributed by atoms with van der Waals surface area (Å²) in [7, 11) is 1.65. The Kier molecular flexibility index (Phi) is 3.51. The molecule has 0 unspecified atom stereocenters. The second-order valence-corrected chi connectivity index (χ2v) is 4.80. The molecule has 0 aliphatic heterocycles. The Morgan fingerprint density at radius 1 is 0.947 bits per heavy atom. The molecular weight excluding hydrogens is 241 g/mol. The molecule has 4 heteroatoms. The van der Waals surface area contributed by atoms with E-state index in [0.717, 1.165) is 11.1 Å². The lowest BCUT2D eigenvalue weighted by atomic mass is 10.0. The minimum absolute atomic E-state index is 0.236. The number of nitrogens with one attached hydrogen (secondary N) is 1. The van der Waals surface area contributed by atoms with Gasteiger partial charge in [0, 0.05) is 12.6 Å². The van der Waals surface area contributed by atoms with Gasteiger partial charge in [-0.25, -0.2) is 14.4 Å². The van der Waals surface area contributed by atoms with E-state index in [-0.39, 0.29) is 5.82 Å². The van der Waals surface area contributed by atoms with Gasteiger partial charge in [-0.2, -0.15) is 0 Å². The molecule has 0 saturated heterocycles. The number of aryl methyl sites for hydroxylation is 4. The fourth-order valence-corrected chi connectivity index (χ4v) is 2.05. The molecule has 1 aromatic heterocycles. The second kappa shape index (κ2) is 4.96. The normalized spacial score (nSPS) is 10.6. The Hall–Kier alpha value is -1.97. The summed E-state index contributed by atoms with van der Waals surface area (Å²) in [5.74, 6) is 0.400. The van der Waals surface area contributed by atoms with E-state index in [1.54, 1.807) is 14.0 Å². The zero-order valence-electron chi connectivity index (χ0n) is 11.9. The van der Waals surface area contributed by atoms with E-state index in [4.69, 9.17) is 0 Å². The summed E-state index contributed by atoms with van der Waals surface area (Å²) >= 11 is 0. The summed E-state index contributed by atoms with van der Waals surface area (Å²) in [6, 6.07) is 4.16. The third kappa shape index (κ3) is 2.43. The average Bonchev–Trinajstić information content (AvgIpc) is 2.37. The smallest absolute Gasteiger partial charge is 0.186 e. The molecule has 1 N–H and O–H groups in total. The van der Waals surface area contributed by atoms with Crippen molar-refractivity contribution < 1.29 is 4.39 Å². The van der Waals surface area contributed by atoms with Gasteiger partial charge in [0.25, 0.3) is 0 Å². The highest BCUT2D eigenvalue weighted by Gasteiger charge is 2.13. The van der Waals surface area contributed by atoms with Crippen LogP contribution < -0.4 is 5.32 Å². The van der Waals surface area contributed by atoms with Gasteiger partial charge in [-0.15, -0.1) is 0 Å². The first-order valence-corrected chi connectivity index (χ1v) is 6.24. The van der Waals surface area contributed by atoms with Gasteiger partial charge >= 0.3 is 0 Å². The molecule has 3 nitrogen and oxygen atoms in total. The van der Waals surface area contributed by atoms with E-state index >= 15 is 0 Å². The van der Waals surface area contributed by atoms with Crippen LogP contribution in [0.1, 0.15) is 22.4 Å². The molecule has 0 saturated carbocycles. The lowest BCUT2D eigenvalue weighted by molar-refractivity contribution is 0.607. The fourth-order valence-electron chi connectivity index (χ4n) is 2.05. The van der Waals surface area contributed by atoms with Crippen molar-refractivity contribution in [2.45, 2.75) is 27.7 Å². The van der Waals surface area contributed by atoms with Crippen LogP contribution in [0, 0.1) is 33.5 Å². The number of anilines is 1. The van der Waals surface area contributed by atoms with Crippen molar-refractivity contribution in [1.29, 1.82) is 0 Å². The molecule has 2 aromatic rings. The lowest BCUT2D eigenvalue weighted by Crippen LogP contribution is -2.04. The molecule has 1 aromatic carbocycles. The van der Waals surface area contributed by atoms with Crippen LogP contribution in [0.15, 0.2) is 12.1 Å². The molecule has 0 spiro atoms. The van der Waals surface area contributed by atoms with Gasteiger partial charge in [0.2, 0.25) is 0 Å². The predicted octanol–water partition coefficient (Wildman–Crippen LogP) is 3.56. The Morgan fingerprint density at radius 3 is 2.21 bits per heavy atom. The largest absolute Gasteiger partial charge is 0.371 e. The van der Waals surface area contributed by atoms with E-state index in [0.29, 0.717) is 11.5 Å². The summed E-state index contributed by atoms with van der Waals surface area (Å²) in [5, 5.41) is 2.77. The SMILES string of the molecule is CNc1nc(-c2cc(C)c(C)cc2C)nc(C)c1F. The Labute approximate surface area is 112 Å². The Bertz CT molecular complexity index is 636. The third-order valence-corrected chi connectivity index (χ3v) is 3.34. The van der Waals surface area contributed by atoms with Crippen molar-refractivity contribution in [3.05, 3.63) is 40.3 Å². The zero-order valence-corrected chi connectivity index (χ0v) is 11.9. The lowest BCUT2D eigenvalue weighted by Gasteiger charge is -2.11. The summed E-state index contributed by atoms with van der Waals surface area (Å²) in [4.78, 5) is 8.51. The summed E-state index contributed by atoms with van der Waals surface area (Å²) in [5.41, 5.74) is 4.80. The van der Waals surface area contributed by atoms with Crippen LogP contribution in [-0.4, -0.2) is 17.0 Å². The van der Waals surface area contributed by atoms with Crippen LogP contribution in [0.3, 0.4) is 0 Å². The van der Waals surface area contributed by atoms with E-state index in [2.05, 4.69) is 34.3 Å². The maximum atomic E-state index is 13.8. The zero-order chi connectivity index (χ0) is 14.2. The first-order valence-electron chi connectivity index (χ1n) is 6.24. The van der Waals surface area contributed by atoms with Crippen LogP contribution >= 0.6 is 0 Å². The number of nitrogens with zero attached hydrogens (tertiary/aromatic N) is 2. The maximum Gasteiger partial charge on any atom is 0.186 e. The van der Waals surface area contributed by atoms with Crippen LogP contribution in [-0.2, 0) is 0 Å². The number of rotatable bonds is 2. The number of benzene rings is 1. The number of hydrogen-bond donors (Lipinski definition) is 1. The monoisotopic (exact) mass is 259 g/mol. The molecule has 1 heterocycles. The molecule has 0 radical (unpaired) electrons. The third-order valence-electron chi connectivity index (χ3n) is 3.34. The van der Waals surface area contributed by atoms with Crippen LogP contribution in [0.5, 0.6) is 0 Å². The van der Waals surface area contributed by atoms with Gasteiger partial charge in [-0.05, 0) is 50.5 Å². The van der Waals surface area contributed by atoms with Gasteiger partial charge in [-0.3, -0.25) is 0 Å². The van der Waals surface area contributed by atoms with E-state index < -0.39 is 5.82 Å². The summed E-state index contributed by atoms with van der Waals surface area (Å²) in [6.07, 6.45) is 0. The molecular formula is C15H18FN3. The minimum Gasteiger partial charge on any atom is -0.371 e. The Balaban J connectivity index is 2.65. The first-order chi connectivity index (χ1) is 8.93. The highest BCUT2D eigenvalue weighted by Crippen LogP contribution is 2.26. The van der Waals surface area contributed by atoms with E-state index in [9.17, 15) is 4.39 Å². The topological polar surface area (TPSA) is 37.8 Å². The molecule has 0 amide bonds. The molecule has 0 fully saturated rings. The standard InChI is InChI=1S/C15H18FN3/c1-8-6-10(3)12(7-9(8)2)14-18-11(4)13(16)15(17-5)19-14/h6-7H,1-5H3,(H,17,18,19). The molecule has 19 heavy (non-hydrogen) atoms. The molecule has 0 bridgehead atoms. The minimum atomic E-state index is -0.396. The number of hydrogen-bond acceptors (Lipinski definition) is 3. The maximum absolute atomic E-state index is 13.8. The van der Waals surface area contributed by atoms with Crippen molar-refractivity contribution in [1.82, 2.24) is 9.97 Å². The molecule has 2 rings (SSSR count). The molecule has 0 aliphatic rings. The van der Waals surface area contributed by atoms with Gasteiger partial charge in [-0.1, -0.05) is 6.07 Å². The number of halogens is 1. The number of aromatic nitrogens is 2. The van der Waals surface area contributed by atoms with Crippen molar-refractivity contribution in [2.75, 3.05) is 12.4 Å². The van der Waals surface area contributed by atoms with Crippen LogP contribution in [0.2, 0.25) is 0 Å². The molecule has 0 aliphatic carbocycles. The molecule has 100 valence electrons. The van der Waals surface area contributed by atoms with E-state index in [1.807, 2.05) is 13.8 Å². The van der Waals surface area contributed by atoms with Crippen molar-refractivity contribution >= 4 is 5.82 Å². The summed E-state index contributed by atoms with van der Waals surface area (Å²) < 4.78 is 13.8. The van der Waals surface area contributed by atoms with Gasteiger partial charge in [0.05, 0.1) is 5.69 Å². The highest BCUT2D eigenvalue weighted by atomic mass is 19.1. The average molecular weight is 259 g/mol. The first kappa shape index (κ1) is 13.5. The Morgan fingerprint density at radius 2 is 1.58 bits per heavy atom. The van der Waals surface area contributed by atoms with Gasteiger partial charge < -0.3 is 5.32 Å². The highest BCUT2D eigenvalue weighted by molar-refractivity contribution is 5.64. The van der Waals surface area contributed by atoms with Crippen LogP contribution in [0.4, 0.5) is 10.2 Å². The second-order valence-electron chi connectivity index (χ2n) is 4.80. The van der Waals surface area contributed by atoms with Crippen molar-refractivity contribution in [3.63, 3.8) is 0 Å².